The fourth-order valence-corrected chi connectivity index (χ4v) is 4.60. The molecule has 1 saturated heterocycles. The first kappa shape index (κ1) is 21.6. The third-order valence-corrected chi connectivity index (χ3v) is 6.25. The fraction of sp³-hybridized carbons (Fsp3) is 0.478. The highest BCUT2D eigenvalue weighted by atomic mass is 19.4. The standard InChI is InChI=1S/C23H26F3N3O2/c1-14-20-18(6-3-7-19(20)30)28-21(14)22(31)27-17-8-10-29(11-9-17)13-15-4-2-5-16(12-15)23(24,25)26/h2,4-5,12,17,28H,3,6-11,13H2,1H3,(H,27,31). The van der Waals surface area contributed by atoms with Gasteiger partial charge in [-0.1, -0.05) is 18.2 Å². The minimum absolute atomic E-state index is 0.000638. The fourth-order valence-electron chi connectivity index (χ4n) is 4.60. The largest absolute Gasteiger partial charge is 0.416 e. The number of hydrogen-bond acceptors (Lipinski definition) is 3. The zero-order valence-electron chi connectivity index (χ0n) is 17.4. The molecule has 2 aromatic rings. The summed E-state index contributed by atoms with van der Waals surface area (Å²) in [4.78, 5) is 30.2. The van der Waals surface area contributed by atoms with Gasteiger partial charge in [0.15, 0.2) is 5.78 Å². The van der Waals surface area contributed by atoms with Crippen molar-refractivity contribution >= 4 is 11.7 Å². The number of fused-ring (bicyclic) bond motifs is 1. The summed E-state index contributed by atoms with van der Waals surface area (Å²) in [6, 6.07) is 5.43. The van der Waals surface area contributed by atoms with Crippen molar-refractivity contribution in [3.63, 3.8) is 0 Å². The van der Waals surface area contributed by atoms with Gasteiger partial charge in [-0.25, -0.2) is 0 Å². The smallest absolute Gasteiger partial charge is 0.354 e. The second-order valence-electron chi connectivity index (χ2n) is 8.48. The second kappa shape index (κ2) is 8.49. The van der Waals surface area contributed by atoms with Crippen molar-refractivity contribution in [3.8, 4) is 0 Å². The number of halogens is 3. The van der Waals surface area contributed by atoms with E-state index in [0.29, 0.717) is 42.9 Å². The van der Waals surface area contributed by atoms with E-state index in [-0.39, 0.29) is 17.7 Å². The van der Waals surface area contributed by atoms with Gasteiger partial charge in [-0.15, -0.1) is 0 Å². The maximum absolute atomic E-state index is 12.9. The van der Waals surface area contributed by atoms with E-state index in [4.69, 9.17) is 0 Å². The number of amides is 1. The summed E-state index contributed by atoms with van der Waals surface area (Å²) in [6.07, 6.45) is -0.781. The molecule has 8 heteroatoms. The molecule has 0 spiro atoms. The highest BCUT2D eigenvalue weighted by Crippen LogP contribution is 2.30. The molecule has 1 aliphatic heterocycles. The number of carbonyl (C=O) groups excluding carboxylic acids is 2. The Labute approximate surface area is 179 Å². The van der Waals surface area contributed by atoms with Crippen molar-refractivity contribution < 1.29 is 22.8 Å². The number of nitrogens with zero attached hydrogens (tertiary/aromatic N) is 1. The van der Waals surface area contributed by atoms with Crippen molar-refractivity contribution in [1.82, 2.24) is 15.2 Å². The van der Waals surface area contributed by atoms with E-state index in [9.17, 15) is 22.8 Å². The lowest BCUT2D eigenvalue weighted by atomic mass is 9.93. The summed E-state index contributed by atoms with van der Waals surface area (Å²) in [7, 11) is 0. The molecule has 1 aromatic carbocycles. The summed E-state index contributed by atoms with van der Waals surface area (Å²) in [5.41, 5.74) is 2.72. The van der Waals surface area contributed by atoms with Gasteiger partial charge in [0.25, 0.3) is 5.91 Å². The average Bonchev–Trinajstić information content (AvgIpc) is 3.07. The first-order chi connectivity index (χ1) is 14.7. The lowest BCUT2D eigenvalue weighted by Gasteiger charge is -2.32. The molecule has 1 fully saturated rings. The Hall–Kier alpha value is -2.61. The Morgan fingerprint density at radius 3 is 2.65 bits per heavy atom. The van der Waals surface area contributed by atoms with Crippen LogP contribution in [0.2, 0.25) is 0 Å². The molecular weight excluding hydrogens is 407 g/mol. The first-order valence-electron chi connectivity index (χ1n) is 10.7. The van der Waals surface area contributed by atoms with Gasteiger partial charge >= 0.3 is 6.18 Å². The maximum atomic E-state index is 12.9. The van der Waals surface area contributed by atoms with Crippen LogP contribution in [0.15, 0.2) is 24.3 Å². The summed E-state index contributed by atoms with van der Waals surface area (Å²) in [5.74, 6) is -0.104. The minimum atomic E-state index is -4.34. The summed E-state index contributed by atoms with van der Waals surface area (Å²) < 4.78 is 38.7. The molecule has 1 amide bonds. The highest BCUT2D eigenvalue weighted by molar-refractivity contribution is 6.04. The van der Waals surface area contributed by atoms with E-state index >= 15 is 0 Å². The van der Waals surface area contributed by atoms with Crippen LogP contribution < -0.4 is 5.32 Å². The number of likely N-dealkylation sites (tertiary alicyclic amines) is 1. The molecule has 166 valence electrons. The lowest BCUT2D eigenvalue weighted by Crippen LogP contribution is -2.44. The molecule has 31 heavy (non-hydrogen) atoms. The monoisotopic (exact) mass is 433 g/mol. The van der Waals surface area contributed by atoms with E-state index in [2.05, 4.69) is 15.2 Å². The summed E-state index contributed by atoms with van der Waals surface area (Å²) in [5, 5.41) is 3.06. The molecule has 5 nitrogen and oxygen atoms in total. The molecule has 0 radical (unpaired) electrons. The van der Waals surface area contributed by atoms with Crippen LogP contribution >= 0.6 is 0 Å². The summed E-state index contributed by atoms with van der Waals surface area (Å²) >= 11 is 0. The molecule has 2 heterocycles. The Kier molecular flexibility index (Phi) is 5.92. The van der Waals surface area contributed by atoms with E-state index in [0.717, 1.165) is 43.0 Å². The van der Waals surface area contributed by atoms with Crippen LogP contribution in [-0.2, 0) is 19.1 Å². The Morgan fingerprint density at radius 1 is 1.23 bits per heavy atom. The number of hydrogen-bond donors (Lipinski definition) is 2. The quantitative estimate of drug-likeness (QED) is 0.758. The number of carbonyl (C=O) groups is 2. The molecule has 2 N–H and O–H groups in total. The SMILES string of the molecule is Cc1c(C(=O)NC2CCN(Cc3cccc(C(F)(F)F)c3)CC2)[nH]c2c1C(=O)CCC2. The highest BCUT2D eigenvalue weighted by Gasteiger charge is 2.31. The molecule has 0 saturated carbocycles. The Balaban J connectivity index is 1.33. The third-order valence-electron chi connectivity index (χ3n) is 6.25. The van der Waals surface area contributed by atoms with Gasteiger partial charge in [0.2, 0.25) is 0 Å². The van der Waals surface area contributed by atoms with Crippen molar-refractivity contribution in [2.45, 2.75) is 57.8 Å². The van der Waals surface area contributed by atoms with Gasteiger partial charge in [-0.3, -0.25) is 14.5 Å². The van der Waals surface area contributed by atoms with E-state index in [1.165, 1.54) is 12.1 Å². The predicted octanol–water partition coefficient (Wildman–Crippen LogP) is 4.26. The van der Waals surface area contributed by atoms with Crippen LogP contribution in [0.5, 0.6) is 0 Å². The number of alkyl halides is 3. The number of aryl methyl sites for hydroxylation is 1. The molecule has 1 aliphatic carbocycles. The van der Waals surface area contributed by atoms with Crippen molar-refractivity contribution in [2.75, 3.05) is 13.1 Å². The minimum Gasteiger partial charge on any atom is -0.354 e. The molecule has 0 unspecified atom stereocenters. The van der Waals surface area contributed by atoms with Gasteiger partial charge in [-0.05, 0) is 49.8 Å². The Morgan fingerprint density at radius 2 is 1.97 bits per heavy atom. The van der Waals surface area contributed by atoms with Crippen LogP contribution in [0.25, 0.3) is 0 Å². The number of H-pyrrole nitrogens is 1. The van der Waals surface area contributed by atoms with Crippen LogP contribution in [-0.4, -0.2) is 40.7 Å². The molecule has 4 rings (SSSR count). The number of Topliss-reactive ketones (excluding diaryl/α,β-unsaturated/α-hetero) is 1. The topological polar surface area (TPSA) is 65.2 Å². The molecule has 0 atom stereocenters. The lowest BCUT2D eigenvalue weighted by molar-refractivity contribution is -0.137. The van der Waals surface area contributed by atoms with Gasteiger partial charge in [-0.2, -0.15) is 13.2 Å². The van der Waals surface area contributed by atoms with Gasteiger partial charge in [0.05, 0.1) is 5.56 Å². The molecular formula is C23H26F3N3O2. The number of benzene rings is 1. The third kappa shape index (κ3) is 4.69. The number of rotatable bonds is 4. The van der Waals surface area contributed by atoms with E-state index < -0.39 is 11.7 Å². The average molecular weight is 433 g/mol. The first-order valence-corrected chi connectivity index (χ1v) is 10.7. The number of piperidine rings is 1. The normalized spacial score (nSPS) is 18.1. The maximum Gasteiger partial charge on any atom is 0.416 e. The zero-order valence-corrected chi connectivity index (χ0v) is 17.4. The van der Waals surface area contributed by atoms with Crippen molar-refractivity contribution in [2.24, 2.45) is 0 Å². The summed E-state index contributed by atoms with van der Waals surface area (Å²) in [6.45, 7) is 3.65. The number of aromatic amines is 1. The van der Waals surface area contributed by atoms with Gasteiger partial charge < -0.3 is 10.3 Å². The van der Waals surface area contributed by atoms with Crippen molar-refractivity contribution in [3.05, 3.63) is 57.9 Å². The predicted molar refractivity (Wildman–Crippen MR) is 110 cm³/mol. The van der Waals surface area contributed by atoms with Crippen LogP contribution in [0, 0.1) is 6.92 Å². The Bertz CT molecular complexity index is 988. The van der Waals surface area contributed by atoms with Crippen molar-refractivity contribution in [1.29, 1.82) is 0 Å². The molecule has 2 aliphatic rings. The second-order valence-corrected chi connectivity index (χ2v) is 8.48. The zero-order chi connectivity index (χ0) is 22.2. The van der Waals surface area contributed by atoms with Gasteiger partial charge in [0.1, 0.15) is 5.69 Å². The van der Waals surface area contributed by atoms with E-state index in [1.807, 2.05) is 6.92 Å². The number of aromatic nitrogens is 1. The number of nitrogens with one attached hydrogen (secondary N) is 2. The molecule has 0 bridgehead atoms. The van der Waals surface area contributed by atoms with Crippen LogP contribution in [0.1, 0.15) is 68.9 Å². The van der Waals surface area contributed by atoms with Crippen LogP contribution in [0.4, 0.5) is 13.2 Å². The molecule has 1 aromatic heterocycles. The van der Waals surface area contributed by atoms with Crippen LogP contribution in [0.3, 0.4) is 0 Å². The van der Waals surface area contributed by atoms with Gasteiger partial charge in [0, 0.05) is 43.4 Å². The number of ketones is 1. The van der Waals surface area contributed by atoms with E-state index in [1.54, 1.807) is 6.07 Å².